The highest BCUT2D eigenvalue weighted by atomic mass is 16.7. The van der Waals surface area contributed by atoms with Crippen LogP contribution in [0.25, 0.3) is 0 Å². The number of benzene rings is 1. The summed E-state index contributed by atoms with van der Waals surface area (Å²) in [5.41, 5.74) is 0.108. The molecular formula is C22H27N5O7. The second-order valence-electron chi connectivity index (χ2n) is 8.29. The molecule has 0 radical (unpaired) electrons. The maximum atomic E-state index is 12.9. The summed E-state index contributed by atoms with van der Waals surface area (Å²) < 4.78 is 11.8. The number of aliphatic hydroxyl groups is 1. The van der Waals surface area contributed by atoms with Crippen molar-refractivity contribution in [3.05, 3.63) is 56.4 Å². The molecule has 1 fully saturated rings. The van der Waals surface area contributed by atoms with Crippen molar-refractivity contribution in [3.63, 3.8) is 0 Å². The number of ether oxygens (including phenoxy) is 2. The van der Waals surface area contributed by atoms with Crippen molar-refractivity contribution in [2.75, 3.05) is 39.6 Å². The van der Waals surface area contributed by atoms with Crippen molar-refractivity contribution >= 4 is 11.8 Å². The van der Waals surface area contributed by atoms with E-state index < -0.39 is 29.8 Å². The Morgan fingerprint density at radius 2 is 1.88 bits per heavy atom. The smallest absolute Gasteiger partial charge is 0.328 e. The number of nitrogens with zero attached hydrogens (tertiary/aromatic N) is 3. The topological polar surface area (TPSA) is 146 Å². The molecule has 12 nitrogen and oxygen atoms in total. The average Bonchev–Trinajstić information content (AvgIpc) is 3.29. The van der Waals surface area contributed by atoms with Gasteiger partial charge in [0, 0.05) is 44.5 Å². The van der Waals surface area contributed by atoms with Gasteiger partial charge in [-0.3, -0.25) is 28.8 Å². The van der Waals surface area contributed by atoms with Gasteiger partial charge in [-0.1, -0.05) is 6.07 Å². The van der Waals surface area contributed by atoms with E-state index in [9.17, 15) is 24.3 Å². The highest BCUT2D eigenvalue weighted by molar-refractivity contribution is 5.87. The first-order valence-electron chi connectivity index (χ1n) is 10.9. The molecular weight excluding hydrogens is 446 g/mol. The van der Waals surface area contributed by atoms with Crippen LogP contribution in [-0.4, -0.2) is 81.9 Å². The molecule has 2 aliphatic rings. The molecule has 2 aromatic rings. The lowest BCUT2D eigenvalue weighted by Crippen LogP contribution is -2.56. The van der Waals surface area contributed by atoms with E-state index in [1.807, 2.05) is 18.2 Å². The summed E-state index contributed by atoms with van der Waals surface area (Å²) in [6.45, 7) is 3.67. The van der Waals surface area contributed by atoms with E-state index >= 15 is 0 Å². The third kappa shape index (κ3) is 5.29. The number of fused-ring (bicyclic) bond motifs is 1. The van der Waals surface area contributed by atoms with Crippen molar-refractivity contribution in [3.8, 4) is 11.5 Å². The number of rotatable bonds is 7. The quantitative estimate of drug-likeness (QED) is 0.436. The second-order valence-corrected chi connectivity index (χ2v) is 8.29. The zero-order valence-corrected chi connectivity index (χ0v) is 18.8. The second kappa shape index (κ2) is 10.1. The maximum absolute atomic E-state index is 12.9. The largest absolute Gasteiger partial charge is 0.454 e. The third-order valence-electron chi connectivity index (χ3n) is 5.85. The number of nitrogens with one attached hydrogen (secondary N) is 2. The fraction of sp³-hybridized carbons (Fsp3) is 0.455. The summed E-state index contributed by atoms with van der Waals surface area (Å²) in [5, 5.41) is 12.2. The van der Waals surface area contributed by atoms with Crippen molar-refractivity contribution in [2.24, 2.45) is 0 Å². The molecule has 2 aliphatic heterocycles. The number of piperazine rings is 1. The van der Waals surface area contributed by atoms with Crippen molar-refractivity contribution < 1.29 is 24.2 Å². The van der Waals surface area contributed by atoms with Gasteiger partial charge >= 0.3 is 5.69 Å². The van der Waals surface area contributed by atoms with Gasteiger partial charge in [0.05, 0.1) is 6.61 Å². The minimum Gasteiger partial charge on any atom is -0.454 e. The Bertz CT molecular complexity index is 1180. The third-order valence-corrected chi connectivity index (χ3v) is 5.85. The molecule has 182 valence electrons. The van der Waals surface area contributed by atoms with E-state index in [2.05, 4.69) is 15.2 Å². The Hall–Kier alpha value is -3.64. The van der Waals surface area contributed by atoms with Gasteiger partial charge in [-0.15, -0.1) is 0 Å². The number of hydrogen-bond donors (Lipinski definition) is 3. The highest BCUT2D eigenvalue weighted by Gasteiger charge is 2.28. The van der Waals surface area contributed by atoms with Gasteiger partial charge in [0.25, 0.3) is 5.56 Å². The predicted molar refractivity (Wildman–Crippen MR) is 119 cm³/mol. The molecule has 3 N–H and O–H groups in total. The zero-order valence-electron chi connectivity index (χ0n) is 18.8. The van der Waals surface area contributed by atoms with E-state index in [1.165, 1.54) is 13.1 Å². The lowest BCUT2D eigenvalue weighted by atomic mass is 10.1. The molecule has 1 aromatic carbocycles. The number of carbonyl (C=O) groups is 2. The van der Waals surface area contributed by atoms with Crippen LogP contribution in [0.3, 0.4) is 0 Å². The lowest BCUT2D eigenvalue weighted by Gasteiger charge is -2.36. The monoisotopic (exact) mass is 473 g/mol. The summed E-state index contributed by atoms with van der Waals surface area (Å²) in [4.78, 5) is 54.5. The van der Waals surface area contributed by atoms with Crippen LogP contribution in [-0.2, 0) is 22.7 Å². The van der Waals surface area contributed by atoms with Gasteiger partial charge in [0.2, 0.25) is 18.6 Å². The Balaban J connectivity index is 1.29. The standard InChI is InChI=1S/C22H27N5O7/c1-14-9-27(22(32)24-20(14)30)11-19(29)23-16(12-28)21(31)26-6-4-25(5-7-26)10-15-2-3-17-18(8-15)34-13-33-17/h2-3,8-9,16,28H,4-7,10-13H2,1H3,(H,23,29)(H,24,30,32)/t16-/m0/s1. The Labute approximate surface area is 194 Å². The van der Waals surface area contributed by atoms with Gasteiger partial charge in [-0.25, -0.2) is 4.79 Å². The first-order chi connectivity index (χ1) is 16.3. The fourth-order valence-corrected chi connectivity index (χ4v) is 3.96. The molecule has 4 rings (SSSR count). The van der Waals surface area contributed by atoms with Crippen LogP contribution in [0, 0.1) is 6.92 Å². The van der Waals surface area contributed by atoms with Crippen LogP contribution in [0.1, 0.15) is 11.1 Å². The molecule has 12 heteroatoms. The number of H-pyrrole nitrogens is 1. The molecule has 1 saturated heterocycles. The van der Waals surface area contributed by atoms with Gasteiger partial charge in [0.15, 0.2) is 11.5 Å². The number of hydrogen-bond acceptors (Lipinski definition) is 8. The van der Waals surface area contributed by atoms with E-state index in [4.69, 9.17) is 9.47 Å². The Morgan fingerprint density at radius 3 is 2.62 bits per heavy atom. The molecule has 34 heavy (non-hydrogen) atoms. The predicted octanol–water partition coefficient (Wildman–Crippen LogP) is -1.60. The maximum Gasteiger partial charge on any atom is 0.328 e. The molecule has 2 amide bonds. The molecule has 3 heterocycles. The molecule has 1 aromatic heterocycles. The van der Waals surface area contributed by atoms with Crippen molar-refractivity contribution in [1.29, 1.82) is 0 Å². The Morgan fingerprint density at radius 1 is 1.15 bits per heavy atom. The molecule has 0 unspecified atom stereocenters. The lowest BCUT2D eigenvalue weighted by molar-refractivity contribution is -0.139. The number of amides is 2. The molecule has 0 spiro atoms. The molecule has 0 bridgehead atoms. The normalized spacial score (nSPS) is 16.4. The summed E-state index contributed by atoms with van der Waals surface area (Å²) in [5.74, 6) is 0.454. The van der Waals surface area contributed by atoms with Crippen LogP contribution >= 0.6 is 0 Å². The SMILES string of the molecule is Cc1cn(CC(=O)N[C@@H](CO)C(=O)N2CCN(Cc3ccc4c(c3)OCO4)CC2)c(=O)[nH]c1=O. The highest BCUT2D eigenvalue weighted by Crippen LogP contribution is 2.32. The molecule has 1 atom stereocenters. The van der Waals surface area contributed by atoms with Crippen LogP contribution in [0.15, 0.2) is 34.0 Å². The first-order valence-corrected chi connectivity index (χ1v) is 10.9. The van der Waals surface area contributed by atoms with Gasteiger partial charge in [-0.05, 0) is 24.6 Å². The summed E-state index contributed by atoms with van der Waals surface area (Å²) in [6, 6.07) is 4.70. The summed E-state index contributed by atoms with van der Waals surface area (Å²) in [6.07, 6.45) is 1.27. The fourth-order valence-electron chi connectivity index (χ4n) is 3.96. The number of aromatic amines is 1. The van der Waals surface area contributed by atoms with Gasteiger partial charge < -0.3 is 24.8 Å². The van der Waals surface area contributed by atoms with Crippen LogP contribution < -0.4 is 26.0 Å². The van der Waals surface area contributed by atoms with Crippen LogP contribution in [0.5, 0.6) is 11.5 Å². The first kappa shape index (κ1) is 23.5. The van der Waals surface area contributed by atoms with Crippen LogP contribution in [0.2, 0.25) is 0 Å². The van der Waals surface area contributed by atoms with E-state index in [-0.39, 0.29) is 24.8 Å². The summed E-state index contributed by atoms with van der Waals surface area (Å²) in [7, 11) is 0. The number of carbonyl (C=O) groups excluding carboxylic acids is 2. The minimum absolute atomic E-state index is 0.226. The molecule has 0 aliphatic carbocycles. The van der Waals surface area contributed by atoms with Crippen molar-refractivity contribution in [1.82, 2.24) is 24.7 Å². The van der Waals surface area contributed by atoms with E-state index in [1.54, 1.807) is 4.90 Å². The van der Waals surface area contributed by atoms with Gasteiger partial charge in [0.1, 0.15) is 12.6 Å². The van der Waals surface area contributed by atoms with Crippen molar-refractivity contribution in [2.45, 2.75) is 26.1 Å². The summed E-state index contributed by atoms with van der Waals surface area (Å²) >= 11 is 0. The van der Waals surface area contributed by atoms with Gasteiger partial charge in [-0.2, -0.15) is 0 Å². The Kier molecular flexibility index (Phi) is 6.98. The number of aliphatic hydroxyl groups excluding tert-OH is 1. The minimum atomic E-state index is -1.12. The molecule has 0 saturated carbocycles. The zero-order chi connectivity index (χ0) is 24.2. The number of aryl methyl sites for hydroxylation is 1. The average molecular weight is 473 g/mol. The van der Waals surface area contributed by atoms with E-state index in [0.29, 0.717) is 32.7 Å². The van der Waals surface area contributed by atoms with E-state index in [0.717, 1.165) is 21.6 Å². The van der Waals surface area contributed by atoms with Crippen LogP contribution in [0.4, 0.5) is 0 Å². The number of aromatic nitrogens is 2.